The van der Waals surface area contributed by atoms with Gasteiger partial charge in [-0.3, -0.25) is 19.3 Å². The van der Waals surface area contributed by atoms with Crippen LogP contribution in [-0.2, 0) is 4.74 Å². The third-order valence-corrected chi connectivity index (χ3v) is 5.10. The molecule has 0 bridgehead atoms. The predicted octanol–water partition coefficient (Wildman–Crippen LogP) is 3.70. The van der Waals surface area contributed by atoms with Crippen molar-refractivity contribution >= 4 is 29.4 Å². The smallest absolute Gasteiger partial charge is 0.340 e. The molecular formula is C25H20N2O5. The number of imide groups is 1. The fourth-order valence-electron chi connectivity index (χ4n) is 3.50. The molecule has 0 aliphatic carbocycles. The second-order valence-electron chi connectivity index (χ2n) is 7.31. The Kier molecular flexibility index (Phi) is 5.81. The summed E-state index contributed by atoms with van der Waals surface area (Å²) in [5.74, 6) is -1.83. The Morgan fingerprint density at radius 1 is 0.875 bits per heavy atom. The molecule has 7 nitrogen and oxygen atoms in total. The number of anilines is 1. The molecule has 0 saturated heterocycles. The summed E-state index contributed by atoms with van der Waals surface area (Å²) in [6.07, 6.45) is 0. The highest BCUT2D eigenvalue weighted by Crippen LogP contribution is 2.22. The number of rotatable bonds is 6. The molecule has 3 aromatic carbocycles. The van der Waals surface area contributed by atoms with E-state index in [1.807, 2.05) is 13.0 Å². The van der Waals surface area contributed by atoms with E-state index in [4.69, 9.17) is 4.74 Å². The van der Waals surface area contributed by atoms with Crippen molar-refractivity contribution in [3.8, 4) is 0 Å². The maximum atomic E-state index is 12.6. The van der Waals surface area contributed by atoms with E-state index in [0.29, 0.717) is 22.4 Å². The summed E-state index contributed by atoms with van der Waals surface area (Å²) in [4.78, 5) is 51.1. The van der Waals surface area contributed by atoms with E-state index in [0.717, 1.165) is 10.5 Å². The van der Waals surface area contributed by atoms with Crippen molar-refractivity contribution in [2.75, 3.05) is 18.5 Å². The summed E-state index contributed by atoms with van der Waals surface area (Å²) in [5.41, 5.74) is 2.58. The Bertz CT molecular complexity index is 1200. The van der Waals surface area contributed by atoms with E-state index in [2.05, 4.69) is 5.32 Å². The molecule has 0 spiro atoms. The van der Waals surface area contributed by atoms with Gasteiger partial charge in [0.2, 0.25) is 0 Å². The first-order chi connectivity index (χ1) is 15.5. The van der Waals surface area contributed by atoms with Gasteiger partial charge in [-0.1, -0.05) is 42.0 Å². The standard InChI is InChI=1S/C25H20N2O5/c1-16-7-6-8-17(15-16)22(28)26-21-12-5-4-11-20(21)25(31)32-14-13-27-23(29)18-9-2-3-10-19(18)24(27)30/h2-12,15H,13-14H2,1H3,(H,26,28). The van der Waals surface area contributed by atoms with Crippen molar-refractivity contribution in [2.45, 2.75) is 6.92 Å². The minimum Gasteiger partial charge on any atom is -0.460 e. The maximum absolute atomic E-state index is 12.6. The maximum Gasteiger partial charge on any atom is 0.340 e. The van der Waals surface area contributed by atoms with Crippen LogP contribution >= 0.6 is 0 Å². The lowest BCUT2D eigenvalue weighted by atomic mass is 10.1. The second kappa shape index (κ2) is 8.85. The van der Waals surface area contributed by atoms with Crippen LogP contribution in [0.25, 0.3) is 0 Å². The van der Waals surface area contributed by atoms with Crippen molar-refractivity contribution in [1.82, 2.24) is 4.90 Å². The van der Waals surface area contributed by atoms with Crippen LogP contribution in [0.3, 0.4) is 0 Å². The molecule has 7 heteroatoms. The number of aryl methyl sites for hydroxylation is 1. The van der Waals surface area contributed by atoms with E-state index in [1.165, 1.54) is 6.07 Å². The molecule has 3 amide bonds. The molecule has 0 aromatic heterocycles. The molecule has 0 atom stereocenters. The summed E-state index contributed by atoms with van der Waals surface area (Å²) in [6, 6.07) is 20.2. The Morgan fingerprint density at radius 2 is 1.53 bits per heavy atom. The minimum atomic E-state index is -0.665. The first-order valence-corrected chi connectivity index (χ1v) is 10.0. The molecule has 0 unspecified atom stereocenters. The van der Waals surface area contributed by atoms with Crippen LogP contribution in [0.15, 0.2) is 72.8 Å². The van der Waals surface area contributed by atoms with Gasteiger partial charge in [-0.15, -0.1) is 0 Å². The molecule has 1 aliphatic heterocycles. The lowest BCUT2D eigenvalue weighted by Gasteiger charge is -2.15. The van der Waals surface area contributed by atoms with Crippen LogP contribution < -0.4 is 5.32 Å². The lowest BCUT2D eigenvalue weighted by molar-refractivity contribution is 0.0421. The largest absolute Gasteiger partial charge is 0.460 e. The van der Waals surface area contributed by atoms with E-state index < -0.39 is 17.8 Å². The van der Waals surface area contributed by atoms with E-state index in [1.54, 1.807) is 60.7 Å². The van der Waals surface area contributed by atoms with E-state index >= 15 is 0 Å². The Balaban J connectivity index is 1.40. The molecule has 4 rings (SSSR count). The summed E-state index contributed by atoms with van der Waals surface area (Å²) in [6.45, 7) is 1.66. The van der Waals surface area contributed by atoms with Crippen molar-refractivity contribution in [1.29, 1.82) is 0 Å². The number of carbonyl (C=O) groups excluding carboxylic acids is 4. The van der Waals surface area contributed by atoms with Gasteiger partial charge in [0, 0.05) is 5.56 Å². The average molecular weight is 428 g/mol. The molecule has 160 valence electrons. The Labute approximate surface area is 184 Å². The molecule has 1 heterocycles. The van der Waals surface area contributed by atoms with Gasteiger partial charge in [0.05, 0.1) is 28.9 Å². The number of esters is 1. The van der Waals surface area contributed by atoms with Crippen molar-refractivity contribution in [3.63, 3.8) is 0 Å². The SMILES string of the molecule is Cc1cccc(C(=O)Nc2ccccc2C(=O)OCCN2C(=O)c3ccccc3C2=O)c1. The summed E-state index contributed by atoms with van der Waals surface area (Å²) in [7, 11) is 0. The molecular weight excluding hydrogens is 408 g/mol. The van der Waals surface area contributed by atoms with Crippen molar-refractivity contribution in [2.24, 2.45) is 0 Å². The molecule has 0 saturated carbocycles. The normalized spacial score (nSPS) is 12.5. The van der Waals surface area contributed by atoms with Gasteiger partial charge in [-0.25, -0.2) is 4.79 Å². The molecule has 3 aromatic rings. The van der Waals surface area contributed by atoms with E-state index in [9.17, 15) is 19.2 Å². The quantitative estimate of drug-likeness (QED) is 0.477. The third kappa shape index (κ3) is 4.13. The van der Waals surface area contributed by atoms with E-state index in [-0.39, 0.29) is 24.6 Å². The van der Waals surface area contributed by atoms with Gasteiger partial charge in [-0.05, 0) is 43.3 Å². The summed E-state index contributed by atoms with van der Waals surface area (Å²) < 4.78 is 5.30. The summed E-state index contributed by atoms with van der Waals surface area (Å²) in [5, 5.41) is 2.73. The average Bonchev–Trinajstić information content (AvgIpc) is 3.04. The number of hydrogen-bond acceptors (Lipinski definition) is 5. The first kappa shape index (κ1) is 21.0. The third-order valence-electron chi connectivity index (χ3n) is 5.10. The predicted molar refractivity (Wildman–Crippen MR) is 118 cm³/mol. The van der Waals surface area contributed by atoms with Gasteiger partial charge in [0.15, 0.2) is 0 Å². The molecule has 32 heavy (non-hydrogen) atoms. The number of para-hydroxylation sites is 1. The second-order valence-corrected chi connectivity index (χ2v) is 7.31. The number of benzene rings is 3. The Morgan fingerprint density at radius 3 is 2.22 bits per heavy atom. The molecule has 0 radical (unpaired) electrons. The topological polar surface area (TPSA) is 92.8 Å². The Hall–Kier alpha value is -4.26. The van der Waals surface area contributed by atoms with Gasteiger partial charge >= 0.3 is 5.97 Å². The van der Waals surface area contributed by atoms with Crippen LogP contribution in [0, 0.1) is 6.92 Å². The number of hydrogen-bond donors (Lipinski definition) is 1. The van der Waals surface area contributed by atoms with Crippen LogP contribution in [0.4, 0.5) is 5.69 Å². The van der Waals surface area contributed by atoms with Gasteiger partial charge in [-0.2, -0.15) is 0 Å². The van der Waals surface area contributed by atoms with Gasteiger partial charge in [0.1, 0.15) is 6.61 Å². The minimum absolute atomic E-state index is 0.0596. The monoisotopic (exact) mass is 428 g/mol. The number of carbonyl (C=O) groups is 4. The first-order valence-electron chi connectivity index (χ1n) is 10.0. The highest BCUT2D eigenvalue weighted by molar-refractivity contribution is 6.21. The van der Waals surface area contributed by atoms with Crippen LogP contribution in [-0.4, -0.2) is 41.7 Å². The number of nitrogens with one attached hydrogen (secondary N) is 1. The van der Waals surface area contributed by atoms with Gasteiger partial charge < -0.3 is 10.1 Å². The molecule has 1 N–H and O–H groups in total. The molecule has 1 aliphatic rings. The summed E-state index contributed by atoms with van der Waals surface area (Å²) >= 11 is 0. The number of fused-ring (bicyclic) bond motifs is 1. The van der Waals surface area contributed by atoms with Crippen molar-refractivity contribution in [3.05, 3.63) is 101 Å². The number of amides is 3. The molecule has 0 fully saturated rings. The van der Waals surface area contributed by atoms with Crippen LogP contribution in [0.5, 0.6) is 0 Å². The van der Waals surface area contributed by atoms with Crippen LogP contribution in [0.1, 0.15) is 47.0 Å². The highest BCUT2D eigenvalue weighted by Gasteiger charge is 2.34. The number of ether oxygens (including phenoxy) is 1. The highest BCUT2D eigenvalue weighted by atomic mass is 16.5. The lowest BCUT2D eigenvalue weighted by Crippen LogP contribution is -2.33. The zero-order chi connectivity index (χ0) is 22.7. The number of nitrogens with zero attached hydrogens (tertiary/aromatic N) is 1. The fourth-order valence-corrected chi connectivity index (χ4v) is 3.50. The van der Waals surface area contributed by atoms with Crippen molar-refractivity contribution < 1.29 is 23.9 Å². The zero-order valence-electron chi connectivity index (χ0n) is 17.3. The van der Waals surface area contributed by atoms with Gasteiger partial charge in [0.25, 0.3) is 17.7 Å². The fraction of sp³-hybridized carbons (Fsp3) is 0.120. The zero-order valence-corrected chi connectivity index (χ0v) is 17.3. The van der Waals surface area contributed by atoms with Crippen LogP contribution in [0.2, 0.25) is 0 Å².